The molecule has 6 nitrogen and oxygen atoms in total. The Labute approximate surface area is 199 Å². The van der Waals surface area contributed by atoms with Gasteiger partial charge in [0.15, 0.2) is 0 Å². The molecule has 0 aliphatic heterocycles. The highest BCUT2D eigenvalue weighted by Crippen LogP contribution is 2.25. The third-order valence-electron chi connectivity index (χ3n) is 5.01. The Balaban J connectivity index is 1.84. The number of rotatable bonds is 9. The maximum Gasteiger partial charge on any atom is 0.333 e. The molecule has 0 amide bonds. The molecule has 0 fully saturated rings. The van der Waals surface area contributed by atoms with E-state index in [-0.39, 0.29) is 23.3 Å². The Hall–Kier alpha value is -3.00. The van der Waals surface area contributed by atoms with E-state index >= 15 is 0 Å². The van der Waals surface area contributed by atoms with E-state index in [1.165, 1.54) is 12.1 Å². The van der Waals surface area contributed by atoms with Crippen LogP contribution >= 0.6 is 11.6 Å². The highest BCUT2D eigenvalue weighted by atomic mass is 35.5. The van der Waals surface area contributed by atoms with Crippen molar-refractivity contribution in [1.82, 2.24) is 9.71 Å². The van der Waals surface area contributed by atoms with Gasteiger partial charge in [-0.25, -0.2) is 17.9 Å². The van der Waals surface area contributed by atoms with Crippen LogP contribution in [0.4, 0.5) is 0 Å². The van der Waals surface area contributed by atoms with E-state index < -0.39 is 10.0 Å². The molecule has 33 heavy (non-hydrogen) atoms. The fourth-order valence-electron chi connectivity index (χ4n) is 3.28. The summed E-state index contributed by atoms with van der Waals surface area (Å²) in [6.07, 6.45) is 5.15. The standard InChI is InChI=1S/C25H25ClN2O4S/c1-3-32-25(29)18(2)15-19-6-8-20(9-7-19)24(21-5-4-14-27-16-21)17-28-33(30,31)23-12-10-22(26)11-13-23/h4-16,24,28H,3,17H2,1-2H3/b18-15+. The SMILES string of the molecule is CCOC(=O)/C(C)=C/c1ccc(C(CNS(=O)(=O)c2ccc(Cl)cc2)c2cccnc2)cc1. The van der Waals surface area contributed by atoms with Gasteiger partial charge in [-0.1, -0.05) is 41.9 Å². The van der Waals surface area contributed by atoms with Gasteiger partial charge >= 0.3 is 5.97 Å². The molecule has 0 aliphatic carbocycles. The molecule has 1 unspecified atom stereocenters. The van der Waals surface area contributed by atoms with Crippen molar-refractivity contribution in [2.75, 3.05) is 13.2 Å². The summed E-state index contributed by atoms with van der Waals surface area (Å²) >= 11 is 5.87. The number of carbonyl (C=O) groups is 1. The quantitative estimate of drug-likeness (QED) is 0.348. The van der Waals surface area contributed by atoms with Crippen LogP contribution in [0.15, 0.2) is 83.5 Å². The molecule has 1 atom stereocenters. The molecule has 0 radical (unpaired) electrons. The lowest BCUT2D eigenvalue weighted by Crippen LogP contribution is -2.29. The number of aromatic nitrogens is 1. The van der Waals surface area contributed by atoms with Crippen molar-refractivity contribution in [2.45, 2.75) is 24.7 Å². The van der Waals surface area contributed by atoms with Gasteiger partial charge in [0.25, 0.3) is 0 Å². The van der Waals surface area contributed by atoms with Crippen molar-refractivity contribution < 1.29 is 17.9 Å². The first kappa shape index (κ1) is 24.6. The molecule has 0 bridgehead atoms. The van der Waals surface area contributed by atoms with E-state index in [0.717, 1.165) is 16.7 Å². The highest BCUT2D eigenvalue weighted by Gasteiger charge is 2.20. The van der Waals surface area contributed by atoms with Crippen LogP contribution in [0.3, 0.4) is 0 Å². The smallest absolute Gasteiger partial charge is 0.333 e. The van der Waals surface area contributed by atoms with E-state index in [1.54, 1.807) is 44.4 Å². The van der Waals surface area contributed by atoms with E-state index in [0.29, 0.717) is 17.2 Å². The second-order valence-corrected chi connectivity index (χ2v) is 9.56. The summed E-state index contributed by atoms with van der Waals surface area (Å²) in [5, 5.41) is 0.467. The molecule has 1 heterocycles. The molecule has 1 aromatic heterocycles. The largest absolute Gasteiger partial charge is 0.463 e. The van der Waals surface area contributed by atoms with Crippen LogP contribution in [0.5, 0.6) is 0 Å². The van der Waals surface area contributed by atoms with E-state index in [9.17, 15) is 13.2 Å². The number of sulfonamides is 1. The highest BCUT2D eigenvalue weighted by molar-refractivity contribution is 7.89. The topological polar surface area (TPSA) is 85.4 Å². The van der Waals surface area contributed by atoms with E-state index in [4.69, 9.17) is 16.3 Å². The van der Waals surface area contributed by atoms with Crippen molar-refractivity contribution >= 4 is 33.7 Å². The monoisotopic (exact) mass is 484 g/mol. The summed E-state index contributed by atoms with van der Waals surface area (Å²) in [4.78, 5) is 16.2. The molecule has 0 aliphatic rings. The molecule has 0 spiro atoms. The number of esters is 1. The number of ether oxygens (including phenoxy) is 1. The number of hydrogen-bond donors (Lipinski definition) is 1. The molecule has 1 N–H and O–H groups in total. The third-order valence-corrected chi connectivity index (χ3v) is 6.70. The molecule has 0 saturated carbocycles. The molecule has 172 valence electrons. The predicted octanol–water partition coefficient (Wildman–Crippen LogP) is 4.81. The van der Waals surface area contributed by atoms with Crippen molar-refractivity contribution in [3.05, 3.63) is 100 Å². The zero-order chi connectivity index (χ0) is 23.8. The summed E-state index contributed by atoms with van der Waals surface area (Å²) in [6.45, 7) is 3.94. The van der Waals surface area contributed by atoms with Gasteiger partial charge in [-0.15, -0.1) is 0 Å². The van der Waals surface area contributed by atoms with Gasteiger partial charge in [-0.05, 0) is 66.9 Å². The van der Waals surface area contributed by atoms with Gasteiger partial charge in [-0.2, -0.15) is 0 Å². The lowest BCUT2D eigenvalue weighted by Gasteiger charge is -2.19. The minimum Gasteiger partial charge on any atom is -0.463 e. The predicted molar refractivity (Wildman–Crippen MR) is 129 cm³/mol. The van der Waals surface area contributed by atoms with Gasteiger partial charge in [0.1, 0.15) is 0 Å². The van der Waals surface area contributed by atoms with Crippen LogP contribution in [0, 0.1) is 0 Å². The summed E-state index contributed by atoms with van der Waals surface area (Å²) in [6, 6.07) is 17.3. The van der Waals surface area contributed by atoms with E-state index in [1.807, 2.05) is 36.4 Å². The number of halogens is 1. The van der Waals surface area contributed by atoms with Crippen molar-refractivity contribution in [2.24, 2.45) is 0 Å². The van der Waals surface area contributed by atoms with Gasteiger partial charge in [0.05, 0.1) is 11.5 Å². The maximum atomic E-state index is 12.8. The molecular formula is C25H25ClN2O4S. The maximum absolute atomic E-state index is 12.8. The fourth-order valence-corrected chi connectivity index (χ4v) is 4.45. The van der Waals surface area contributed by atoms with Crippen molar-refractivity contribution in [1.29, 1.82) is 0 Å². The summed E-state index contributed by atoms with van der Waals surface area (Å²) in [5.74, 6) is -0.614. The summed E-state index contributed by atoms with van der Waals surface area (Å²) in [5.41, 5.74) is 3.13. The summed E-state index contributed by atoms with van der Waals surface area (Å²) in [7, 11) is -3.72. The van der Waals surface area contributed by atoms with Gasteiger partial charge < -0.3 is 4.74 Å². The normalized spacial score (nSPS) is 12.9. The number of benzene rings is 2. The number of nitrogens with zero attached hydrogens (tertiary/aromatic N) is 1. The molecule has 0 saturated heterocycles. The molecular weight excluding hydrogens is 460 g/mol. The Morgan fingerprint density at radius 1 is 1.09 bits per heavy atom. The van der Waals surface area contributed by atoms with Crippen LogP contribution in [-0.4, -0.2) is 32.5 Å². The third kappa shape index (κ3) is 6.74. The average Bonchev–Trinajstić information content (AvgIpc) is 2.81. The van der Waals surface area contributed by atoms with Crippen LogP contribution in [0.1, 0.15) is 36.5 Å². The lowest BCUT2D eigenvalue weighted by molar-refractivity contribution is -0.138. The molecule has 3 aromatic rings. The Kier molecular flexibility index (Phi) is 8.38. The van der Waals surface area contributed by atoms with Crippen LogP contribution in [-0.2, 0) is 19.6 Å². The Morgan fingerprint density at radius 3 is 2.39 bits per heavy atom. The van der Waals surface area contributed by atoms with Crippen LogP contribution in [0.2, 0.25) is 5.02 Å². The van der Waals surface area contributed by atoms with Crippen LogP contribution in [0.25, 0.3) is 6.08 Å². The minimum absolute atomic E-state index is 0.145. The van der Waals surface area contributed by atoms with Crippen LogP contribution < -0.4 is 4.72 Å². The van der Waals surface area contributed by atoms with Crippen molar-refractivity contribution in [3.8, 4) is 0 Å². The second kappa shape index (κ2) is 11.2. The zero-order valence-corrected chi connectivity index (χ0v) is 19.9. The van der Waals surface area contributed by atoms with Gasteiger partial charge in [-0.3, -0.25) is 4.98 Å². The first-order valence-electron chi connectivity index (χ1n) is 10.4. The number of nitrogens with one attached hydrogen (secondary N) is 1. The van der Waals surface area contributed by atoms with Gasteiger partial charge in [0.2, 0.25) is 10.0 Å². The first-order valence-corrected chi connectivity index (χ1v) is 12.3. The lowest BCUT2D eigenvalue weighted by atomic mass is 9.92. The number of carbonyl (C=O) groups excluding carboxylic acids is 1. The zero-order valence-electron chi connectivity index (χ0n) is 18.4. The number of pyridine rings is 1. The van der Waals surface area contributed by atoms with Crippen molar-refractivity contribution in [3.63, 3.8) is 0 Å². The fraction of sp³-hybridized carbons (Fsp3) is 0.200. The number of hydrogen-bond acceptors (Lipinski definition) is 5. The Morgan fingerprint density at radius 2 is 1.79 bits per heavy atom. The molecule has 3 rings (SSSR count). The summed E-state index contributed by atoms with van der Waals surface area (Å²) < 4.78 is 33.3. The Bertz CT molecular complexity index is 1210. The first-order chi connectivity index (χ1) is 15.8. The van der Waals surface area contributed by atoms with E-state index in [2.05, 4.69) is 9.71 Å². The molecule has 8 heteroatoms. The second-order valence-electron chi connectivity index (χ2n) is 7.36. The molecule has 2 aromatic carbocycles. The average molecular weight is 485 g/mol. The minimum atomic E-state index is -3.72. The van der Waals surface area contributed by atoms with Gasteiger partial charge in [0, 0.05) is 35.5 Å².